The second-order valence-electron chi connectivity index (χ2n) is 15.6. The largest absolute Gasteiger partial charge is 0.489 e. The average Bonchev–Trinajstić information content (AvgIpc) is 3.24. The summed E-state index contributed by atoms with van der Waals surface area (Å²) in [6, 6.07) is 35.0. The zero-order valence-electron chi connectivity index (χ0n) is 35.8. The molecule has 2 N–H and O–H groups in total. The van der Waals surface area contributed by atoms with Gasteiger partial charge in [-0.05, 0) is 99.7 Å². The minimum absolute atomic E-state index is 0.0413. The molecular formula is C47H48ClN7O8. The topological polar surface area (TPSA) is 189 Å². The number of amides is 2. The Hall–Kier alpha value is -7.44. The second-order valence-corrected chi connectivity index (χ2v) is 15.9. The van der Waals surface area contributed by atoms with E-state index in [1.165, 1.54) is 12.4 Å². The Morgan fingerprint density at radius 3 is 1.43 bits per heavy atom. The maximum Gasteiger partial charge on any atom is 0.407 e. The lowest BCUT2D eigenvalue weighted by atomic mass is 10.1. The highest BCUT2D eigenvalue weighted by molar-refractivity contribution is 6.28. The highest BCUT2D eigenvalue weighted by Crippen LogP contribution is 2.26. The van der Waals surface area contributed by atoms with Gasteiger partial charge in [-0.3, -0.25) is 0 Å². The SMILES string of the molecule is CC(C)(C)OC(=O)NCc1ccc(COc2cccc(Oc3ccnc(C#N)n3)c2)cc1.CC(C)(C)OC(=O)NCc1ccc(COc2cccc(Oc3ccnc(Cl)n3)c2)cc1. The first-order valence-corrected chi connectivity index (χ1v) is 20.1. The van der Waals surface area contributed by atoms with E-state index in [-0.39, 0.29) is 17.0 Å². The number of halogens is 1. The molecule has 0 spiro atoms. The summed E-state index contributed by atoms with van der Waals surface area (Å²) in [4.78, 5) is 39.1. The molecule has 0 atom stereocenters. The van der Waals surface area contributed by atoms with Crippen LogP contribution in [0.3, 0.4) is 0 Å². The van der Waals surface area contributed by atoms with E-state index in [4.69, 9.17) is 45.3 Å². The van der Waals surface area contributed by atoms with Gasteiger partial charge in [0.1, 0.15) is 53.5 Å². The van der Waals surface area contributed by atoms with Gasteiger partial charge in [0.25, 0.3) is 0 Å². The summed E-state index contributed by atoms with van der Waals surface area (Å²) in [5.74, 6) is 3.09. The molecule has 4 aromatic carbocycles. The van der Waals surface area contributed by atoms with Crippen LogP contribution in [0.2, 0.25) is 5.28 Å². The Morgan fingerprint density at radius 1 is 0.587 bits per heavy atom. The predicted molar refractivity (Wildman–Crippen MR) is 235 cm³/mol. The molecule has 16 heteroatoms. The van der Waals surface area contributed by atoms with Crippen molar-refractivity contribution in [2.45, 2.75) is 79.0 Å². The number of rotatable bonds is 14. The van der Waals surface area contributed by atoms with Gasteiger partial charge in [-0.1, -0.05) is 60.7 Å². The number of carbonyl (C=O) groups is 2. The van der Waals surface area contributed by atoms with Crippen LogP contribution in [0.5, 0.6) is 34.8 Å². The standard InChI is InChI=1S/C24H24N4O4.C23H24ClN3O4/c1-24(2,3)32-23(29)27-15-17-7-9-18(10-8-17)16-30-19-5-4-6-20(13-19)31-22-11-12-26-21(14-25)28-22;1-23(2,3)31-22(28)26-14-16-7-9-17(10-8-16)15-29-18-5-4-6-19(13-18)30-20-11-12-25-21(24)27-20/h4-13H,15-16H2,1-3H3,(H,27,29);4-13H,14-15H2,1-3H3,(H,26,28). The Bertz CT molecular complexity index is 2470. The van der Waals surface area contributed by atoms with E-state index in [9.17, 15) is 9.59 Å². The van der Waals surface area contributed by atoms with E-state index < -0.39 is 23.4 Å². The zero-order chi connectivity index (χ0) is 45.2. The first kappa shape index (κ1) is 46.6. The van der Waals surface area contributed by atoms with Crippen LogP contribution in [0.25, 0.3) is 0 Å². The monoisotopic (exact) mass is 873 g/mol. The predicted octanol–water partition coefficient (Wildman–Crippen LogP) is 10.3. The number of benzene rings is 4. The molecule has 0 unspecified atom stereocenters. The van der Waals surface area contributed by atoms with Gasteiger partial charge >= 0.3 is 12.2 Å². The van der Waals surface area contributed by atoms with E-state index in [2.05, 4.69) is 30.6 Å². The molecule has 63 heavy (non-hydrogen) atoms. The summed E-state index contributed by atoms with van der Waals surface area (Å²) in [7, 11) is 0. The highest BCUT2D eigenvalue weighted by Gasteiger charge is 2.17. The molecule has 0 radical (unpaired) electrons. The third-order valence-electron chi connectivity index (χ3n) is 7.91. The molecule has 2 amide bonds. The Kier molecular flexibility index (Phi) is 16.6. The molecule has 6 aromatic rings. The molecule has 15 nitrogen and oxygen atoms in total. The van der Waals surface area contributed by atoms with Gasteiger partial charge in [0.05, 0.1) is 0 Å². The molecule has 0 aliphatic carbocycles. The first-order valence-electron chi connectivity index (χ1n) is 19.7. The number of ether oxygens (including phenoxy) is 6. The van der Waals surface area contributed by atoms with Gasteiger partial charge < -0.3 is 39.1 Å². The van der Waals surface area contributed by atoms with Gasteiger partial charge in [-0.2, -0.15) is 15.2 Å². The average molecular weight is 874 g/mol. The normalized spacial score (nSPS) is 10.8. The summed E-state index contributed by atoms with van der Waals surface area (Å²) in [5, 5.41) is 14.5. The number of carbonyl (C=O) groups excluding carboxylic acids is 2. The zero-order valence-corrected chi connectivity index (χ0v) is 36.5. The van der Waals surface area contributed by atoms with Crippen molar-refractivity contribution in [1.82, 2.24) is 30.6 Å². The van der Waals surface area contributed by atoms with Crippen molar-refractivity contribution in [1.29, 1.82) is 5.26 Å². The van der Waals surface area contributed by atoms with E-state index in [0.717, 1.165) is 22.3 Å². The van der Waals surface area contributed by atoms with E-state index in [0.29, 0.717) is 55.2 Å². The van der Waals surface area contributed by atoms with Crippen LogP contribution < -0.4 is 29.6 Å². The molecular weight excluding hydrogens is 826 g/mol. The molecule has 0 bridgehead atoms. The maximum atomic E-state index is 11.7. The second kappa shape index (κ2) is 22.4. The molecule has 0 aliphatic rings. The molecule has 0 saturated heterocycles. The number of alkyl carbamates (subject to hydrolysis) is 2. The fourth-order valence-corrected chi connectivity index (χ4v) is 5.28. The molecule has 2 heterocycles. The van der Waals surface area contributed by atoms with Crippen molar-refractivity contribution in [3.8, 4) is 40.8 Å². The first-order chi connectivity index (χ1) is 30.1. The lowest BCUT2D eigenvalue weighted by molar-refractivity contribution is 0.0512. The van der Waals surface area contributed by atoms with Crippen molar-refractivity contribution in [2.24, 2.45) is 0 Å². The quantitative estimate of drug-likeness (QED) is 0.0985. The van der Waals surface area contributed by atoms with Crippen LogP contribution in [0.4, 0.5) is 9.59 Å². The minimum Gasteiger partial charge on any atom is -0.489 e. The third-order valence-corrected chi connectivity index (χ3v) is 8.10. The number of nitrogens with zero attached hydrogens (tertiary/aromatic N) is 5. The maximum absolute atomic E-state index is 11.7. The fraction of sp³-hybridized carbons (Fsp3) is 0.255. The highest BCUT2D eigenvalue weighted by atomic mass is 35.5. The number of hydrogen-bond acceptors (Lipinski definition) is 13. The van der Waals surface area contributed by atoms with Crippen LogP contribution in [0.1, 0.15) is 69.6 Å². The summed E-state index contributed by atoms with van der Waals surface area (Å²) < 4.78 is 33.5. The number of nitrogens with one attached hydrogen (secondary N) is 2. The third kappa shape index (κ3) is 17.6. The van der Waals surface area contributed by atoms with Gasteiger partial charge in [-0.15, -0.1) is 0 Å². The van der Waals surface area contributed by atoms with Crippen molar-refractivity contribution >= 4 is 23.8 Å². The van der Waals surface area contributed by atoms with Crippen molar-refractivity contribution < 1.29 is 38.0 Å². The van der Waals surface area contributed by atoms with Crippen LogP contribution in [0.15, 0.2) is 122 Å². The molecule has 326 valence electrons. The van der Waals surface area contributed by atoms with Gasteiger partial charge in [0, 0.05) is 49.7 Å². The number of aromatic nitrogens is 4. The van der Waals surface area contributed by atoms with Crippen molar-refractivity contribution in [3.63, 3.8) is 0 Å². The lowest BCUT2D eigenvalue weighted by Crippen LogP contribution is -2.32. The molecule has 2 aromatic heterocycles. The van der Waals surface area contributed by atoms with Gasteiger partial charge in [0.2, 0.25) is 22.9 Å². The van der Waals surface area contributed by atoms with E-state index >= 15 is 0 Å². The number of hydrogen-bond donors (Lipinski definition) is 2. The van der Waals surface area contributed by atoms with Crippen LogP contribution in [-0.2, 0) is 35.8 Å². The Balaban J connectivity index is 0.000000238. The molecule has 0 saturated carbocycles. The van der Waals surface area contributed by atoms with Gasteiger partial charge in [-0.25, -0.2) is 19.6 Å². The van der Waals surface area contributed by atoms with Gasteiger partial charge in [0.15, 0.2) is 0 Å². The summed E-state index contributed by atoms with van der Waals surface area (Å²) in [6.07, 6.45) is 2.11. The van der Waals surface area contributed by atoms with E-state index in [1.807, 2.05) is 120 Å². The Labute approximate surface area is 371 Å². The molecule has 6 rings (SSSR count). The summed E-state index contributed by atoms with van der Waals surface area (Å²) >= 11 is 5.78. The van der Waals surface area contributed by atoms with Crippen LogP contribution in [0, 0.1) is 11.3 Å². The molecule has 0 fully saturated rings. The Morgan fingerprint density at radius 2 is 1.00 bits per heavy atom. The summed E-state index contributed by atoms with van der Waals surface area (Å²) in [5.41, 5.74) is 2.85. The van der Waals surface area contributed by atoms with E-state index in [1.54, 1.807) is 36.4 Å². The lowest BCUT2D eigenvalue weighted by Gasteiger charge is -2.19. The van der Waals surface area contributed by atoms with Crippen LogP contribution in [-0.4, -0.2) is 43.3 Å². The van der Waals surface area contributed by atoms with Crippen LogP contribution >= 0.6 is 11.6 Å². The molecule has 0 aliphatic heterocycles. The van der Waals surface area contributed by atoms with Crippen molar-refractivity contribution in [2.75, 3.05) is 0 Å². The minimum atomic E-state index is -0.526. The number of nitriles is 1. The summed E-state index contributed by atoms with van der Waals surface area (Å²) in [6.45, 7) is 12.5. The fourth-order valence-electron chi connectivity index (χ4n) is 5.14. The van der Waals surface area contributed by atoms with Crippen molar-refractivity contribution in [3.05, 3.63) is 155 Å². The smallest absolute Gasteiger partial charge is 0.407 e.